The summed E-state index contributed by atoms with van der Waals surface area (Å²) in [5, 5.41) is 0. The third kappa shape index (κ3) is 5.63. The third-order valence-corrected chi connectivity index (χ3v) is 14.4. The molecule has 2 rings (SSSR count). The predicted octanol–water partition coefficient (Wildman–Crippen LogP) is 6.86. The van der Waals surface area contributed by atoms with Crippen molar-refractivity contribution in [2.75, 3.05) is 0 Å². The molecule has 2 fully saturated rings. The highest BCUT2D eigenvalue weighted by atomic mass is 28.3. The van der Waals surface area contributed by atoms with Gasteiger partial charge in [-0.15, -0.1) is 0 Å². The molecular weight excluding hydrogens is 312 g/mol. The van der Waals surface area contributed by atoms with Gasteiger partial charge in [0.15, 0.2) is 0 Å². The molecule has 22 heavy (non-hydrogen) atoms. The lowest BCUT2D eigenvalue weighted by Gasteiger charge is -2.32. The van der Waals surface area contributed by atoms with Crippen LogP contribution in [0, 0.1) is 11.8 Å². The van der Waals surface area contributed by atoms with Gasteiger partial charge in [-0.05, 0) is 22.9 Å². The fourth-order valence-corrected chi connectivity index (χ4v) is 14.4. The summed E-state index contributed by atoms with van der Waals surface area (Å²) in [7, 11) is -2.23. The lowest BCUT2D eigenvalue weighted by atomic mass is 10.1. The van der Waals surface area contributed by atoms with E-state index in [9.17, 15) is 0 Å². The zero-order valence-corrected chi connectivity index (χ0v) is 19.7. The Morgan fingerprint density at radius 1 is 0.818 bits per heavy atom. The summed E-state index contributed by atoms with van der Waals surface area (Å²) in [6.07, 6.45) is 9.57. The van der Waals surface area contributed by atoms with Crippen LogP contribution in [0.3, 0.4) is 0 Å². The summed E-state index contributed by atoms with van der Waals surface area (Å²) in [5.74, 6) is 2.26. The number of rotatable bonds is 6. The molecule has 0 radical (unpaired) electrons. The van der Waals surface area contributed by atoms with E-state index in [0.717, 1.165) is 11.8 Å². The zero-order chi connectivity index (χ0) is 16.5. The highest BCUT2D eigenvalue weighted by molar-refractivity contribution is 6.76. The first-order chi connectivity index (χ1) is 10.1. The van der Waals surface area contributed by atoms with Gasteiger partial charge in [-0.1, -0.05) is 96.4 Å². The molecule has 0 aromatic heterocycles. The smallest absolute Gasteiger partial charge is 0.0445 e. The normalized spacial score (nSPS) is 35.0. The van der Waals surface area contributed by atoms with Crippen molar-refractivity contribution in [3.05, 3.63) is 0 Å². The van der Waals surface area contributed by atoms with Crippen molar-refractivity contribution in [1.82, 2.24) is 0 Å². The van der Waals surface area contributed by atoms with Crippen LogP contribution in [-0.2, 0) is 0 Å². The van der Waals surface area contributed by atoms with Gasteiger partial charge in [0.2, 0.25) is 0 Å². The number of hydrogen-bond donors (Lipinski definition) is 0. The van der Waals surface area contributed by atoms with Crippen molar-refractivity contribution in [2.45, 2.75) is 108 Å². The van der Waals surface area contributed by atoms with Crippen molar-refractivity contribution in [3.63, 3.8) is 0 Å². The van der Waals surface area contributed by atoms with Crippen LogP contribution >= 0.6 is 0 Å². The van der Waals surface area contributed by atoms with Crippen LogP contribution in [0.2, 0.25) is 69.0 Å². The third-order valence-electron chi connectivity index (χ3n) is 6.49. The van der Waals surface area contributed by atoms with Crippen molar-refractivity contribution >= 4 is 24.9 Å². The standard InChI is InChI=1S/C19H42Si3/c1-20(18-12-11-16(13-18)14-21(2,3)4)19-10-8-9-17(19)15-22(5,6)7/h16-20H,8-15H2,1-7H3/t16?,17?,18?,19?,20-/m1/s1. The summed E-state index contributed by atoms with van der Waals surface area (Å²) >= 11 is 0. The van der Waals surface area contributed by atoms with Crippen molar-refractivity contribution in [1.29, 1.82) is 0 Å². The first-order valence-corrected chi connectivity index (χ1v) is 20.0. The molecule has 0 N–H and O–H groups in total. The van der Waals surface area contributed by atoms with Gasteiger partial charge in [0.25, 0.3) is 0 Å². The van der Waals surface area contributed by atoms with Gasteiger partial charge in [-0.3, -0.25) is 0 Å². The second kappa shape index (κ2) is 7.26. The molecule has 3 heteroatoms. The fourth-order valence-electron chi connectivity index (χ4n) is 5.79. The second-order valence-corrected chi connectivity index (χ2v) is 25.8. The molecule has 0 aliphatic heterocycles. The van der Waals surface area contributed by atoms with Crippen molar-refractivity contribution in [3.8, 4) is 0 Å². The molecule has 130 valence electrons. The van der Waals surface area contributed by atoms with E-state index in [0.29, 0.717) is 0 Å². The molecule has 4 unspecified atom stereocenters. The van der Waals surface area contributed by atoms with E-state index in [1.807, 2.05) is 0 Å². The van der Waals surface area contributed by atoms with Crippen LogP contribution in [0.15, 0.2) is 0 Å². The van der Waals surface area contributed by atoms with E-state index in [2.05, 4.69) is 45.8 Å². The molecule has 0 bridgehead atoms. The van der Waals surface area contributed by atoms with Crippen molar-refractivity contribution in [2.24, 2.45) is 11.8 Å². The molecule has 0 spiro atoms. The van der Waals surface area contributed by atoms with Crippen LogP contribution in [0.25, 0.3) is 0 Å². The Balaban J connectivity index is 1.90. The second-order valence-electron chi connectivity index (χ2n) is 11.2. The van der Waals surface area contributed by atoms with E-state index in [1.165, 1.54) is 11.1 Å². The van der Waals surface area contributed by atoms with Crippen LogP contribution in [-0.4, -0.2) is 24.9 Å². The Morgan fingerprint density at radius 3 is 2.05 bits per heavy atom. The minimum absolute atomic E-state index is 0.523. The number of hydrogen-bond acceptors (Lipinski definition) is 0. The van der Waals surface area contributed by atoms with Gasteiger partial charge in [0, 0.05) is 24.9 Å². The molecule has 0 nitrogen and oxygen atoms in total. The van der Waals surface area contributed by atoms with Gasteiger partial charge < -0.3 is 0 Å². The van der Waals surface area contributed by atoms with Crippen molar-refractivity contribution < 1.29 is 0 Å². The largest absolute Gasteiger partial charge is 0.0716 e. The maximum atomic E-state index is 2.77. The average molecular weight is 355 g/mol. The Morgan fingerprint density at radius 2 is 1.45 bits per heavy atom. The van der Waals surface area contributed by atoms with Crippen LogP contribution in [0.5, 0.6) is 0 Å². The SMILES string of the molecule is C[Si@H](C1CCC(C[Si](C)(C)C)C1)C1CCCC1C[Si](C)(C)C. The van der Waals surface area contributed by atoms with E-state index in [1.54, 1.807) is 50.6 Å². The first-order valence-electron chi connectivity index (χ1n) is 10.1. The van der Waals surface area contributed by atoms with Crippen LogP contribution < -0.4 is 0 Å². The van der Waals surface area contributed by atoms with Crippen LogP contribution in [0.1, 0.15) is 38.5 Å². The molecule has 0 saturated heterocycles. The van der Waals surface area contributed by atoms with Crippen LogP contribution in [0.4, 0.5) is 0 Å². The maximum absolute atomic E-state index is 2.77. The lowest BCUT2D eigenvalue weighted by Crippen LogP contribution is -2.30. The molecule has 0 heterocycles. The molecule has 2 aliphatic carbocycles. The first kappa shape index (κ1) is 19.0. The molecule has 0 amide bonds. The van der Waals surface area contributed by atoms with Gasteiger partial charge in [0.05, 0.1) is 0 Å². The Labute approximate surface area is 144 Å². The van der Waals surface area contributed by atoms with Gasteiger partial charge >= 0.3 is 0 Å². The molecule has 5 atom stereocenters. The molecule has 2 saturated carbocycles. The summed E-state index contributed by atoms with van der Waals surface area (Å²) < 4.78 is 0. The summed E-state index contributed by atoms with van der Waals surface area (Å²) in [6, 6.07) is 3.23. The van der Waals surface area contributed by atoms with E-state index >= 15 is 0 Å². The Hall–Kier alpha value is 0.651. The summed E-state index contributed by atoms with van der Waals surface area (Å²) in [6.45, 7) is 18.3. The van der Waals surface area contributed by atoms with Gasteiger partial charge in [0.1, 0.15) is 0 Å². The quantitative estimate of drug-likeness (QED) is 0.457. The Bertz CT molecular complexity index is 353. The zero-order valence-electron chi connectivity index (χ0n) is 16.5. The highest BCUT2D eigenvalue weighted by Crippen LogP contribution is 2.50. The van der Waals surface area contributed by atoms with Gasteiger partial charge in [-0.25, -0.2) is 0 Å². The summed E-state index contributed by atoms with van der Waals surface area (Å²) in [4.78, 5) is 0. The van der Waals surface area contributed by atoms with E-state index < -0.39 is 24.9 Å². The molecule has 0 aromatic rings. The van der Waals surface area contributed by atoms with Gasteiger partial charge in [-0.2, -0.15) is 0 Å². The fraction of sp³-hybridized carbons (Fsp3) is 1.00. The minimum Gasteiger partial charge on any atom is -0.0716 e. The molecule has 2 aliphatic rings. The monoisotopic (exact) mass is 354 g/mol. The van der Waals surface area contributed by atoms with E-state index in [-0.39, 0.29) is 0 Å². The summed E-state index contributed by atoms with van der Waals surface area (Å²) in [5.41, 5.74) is 2.41. The highest BCUT2D eigenvalue weighted by Gasteiger charge is 2.40. The molecule has 0 aromatic carbocycles. The minimum atomic E-state index is -0.867. The maximum Gasteiger partial charge on any atom is 0.0445 e. The topological polar surface area (TPSA) is 0 Å². The predicted molar refractivity (Wildman–Crippen MR) is 112 cm³/mol. The van der Waals surface area contributed by atoms with E-state index in [4.69, 9.17) is 0 Å². The Kier molecular flexibility index (Phi) is 6.27. The lowest BCUT2D eigenvalue weighted by molar-refractivity contribution is 0.576. The molecular formula is C19H42Si3. The average Bonchev–Trinajstić information content (AvgIpc) is 2.93.